The highest BCUT2D eigenvalue weighted by molar-refractivity contribution is 6.01. The summed E-state index contributed by atoms with van der Waals surface area (Å²) >= 11 is 0. The van der Waals surface area contributed by atoms with Crippen molar-refractivity contribution in [3.05, 3.63) is 66.2 Å². The second-order valence-corrected chi connectivity index (χ2v) is 5.82. The summed E-state index contributed by atoms with van der Waals surface area (Å²) in [5, 5.41) is 7.67. The molecule has 0 radical (unpaired) electrons. The van der Waals surface area contributed by atoms with Gasteiger partial charge in [-0.15, -0.1) is 0 Å². The molecule has 0 fully saturated rings. The monoisotopic (exact) mass is 345 g/mol. The van der Waals surface area contributed by atoms with Crippen LogP contribution in [0.15, 0.2) is 65.3 Å². The van der Waals surface area contributed by atoms with Crippen LogP contribution in [0.2, 0.25) is 0 Å². The Hall–Kier alpha value is -3.67. The van der Waals surface area contributed by atoms with Crippen LogP contribution in [-0.4, -0.2) is 23.3 Å². The van der Waals surface area contributed by atoms with Gasteiger partial charge in [-0.25, -0.2) is 4.63 Å². The van der Waals surface area contributed by atoms with E-state index in [0.29, 0.717) is 16.6 Å². The lowest BCUT2D eigenvalue weighted by Crippen LogP contribution is -2.12. The fraction of sp³-hybridized carbons (Fsp3) is 0.0500. The summed E-state index contributed by atoms with van der Waals surface area (Å²) in [5.41, 5.74) is 10.8. The minimum Gasteiger partial charge on any atom is -0.497 e. The summed E-state index contributed by atoms with van der Waals surface area (Å²) in [5.74, 6) is 0.298. The number of hydrogen-bond donors (Lipinski definition) is 1. The number of ether oxygens (including phenoxy) is 1. The molecule has 0 unspecified atom stereocenters. The summed E-state index contributed by atoms with van der Waals surface area (Å²) in [6, 6.07) is 18.8. The molecule has 3 aromatic carbocycles. The number of aromatic nitrogens is 2. The molecular formula is C20H15N3O3. The van der Waals surface area contributed by atoms with E-state index in [1.165, 1.54) is 0 Å². The molecule has 6 nitrogen and oxygen atoms in total. The van der Waals surface area contributed by atoms with Crippen molar-refractivity contribution < 1.29 is 14.2 Å². The predicted molar refractivity (Wildman–Crippen MR) is 97.7 cm³/mol. The standard InChI is InChI=1S/C20H15N3O3/c1-25-15-6-2-12(3-7-15)13-4-8-16(20(21)24)17(10-13)14-5-9-18-19(11-14)23-26-22-18/h2-11H,1H3,(H2,21,24). The van der Waals surface area contributed by atoms with Crippen molar-refractivity contribution in [1.82, 2.24) is 10.3 Å². The van der Waals surface area contributed by atoms with Crippen LogP contribution in [0.1, 0.15) is 10.4 Å². The zero-order chi connectivity index (χ0) is 18.1. The number of nitrogens with two attached hydrogens (primary N) is 1. The quantitative estimate of drug-likeness (QED) is 0.609. The zero-order valence-electron chi connectivity index (χ0n) is 14.0. The molecule has 26 heavy (non-hydrogen) atoms. The summed E-state index contributed by atoms with van der Waals surface area (Å²) < 4.78 is 9.94. The van der Waals surface area contributed by atoms with Gasteiger partial charge in [-0.3, -0.25) is 4.79 Å². The molecule has 0 aliphatic rings. The van der Waals surface area contributed by atoms with E-state index >= 15 is 0 Å². The van der Waals surface area contributed by atoms with Crippen molar-refractivity contribution in [2.75, 3.05) is 7.11 Å². The normalized spacial score (nSPS) is 10.8. The number of primary amides is 1. The fourth-order valence-corrected chi connectivity index (χ4v) is 2.91. The van der Waals surface area contributed by atoms with Gasteiger partial charge in [0.1, 0.15) is 16.8 Å². The average molecular weight is 345 g/mol. The second kappa shape index (κ2) is 6.33. The second-order valence-electron chi connectivity index (χ2n) is 5.82. The van der Waals surface area contributed by atoms with Crippen LogP contribution in [0.3, 0.4) is 0 Å². The number of fused-ring (bicyclic) bond motifs is 1. The highest BCUT2D eigenvalue weighted by Gasteiger charge is 2.13. The molecule has 6 heteroatoms. The van der Waals surface area contributed by atoms with Gasteiger partial charge in [-0.05, 0) is 69.0 Å². The van der Waals surface area contributed by atoms with Crippen LogP contribution in [0.4, 0.5) is 0 Å². The first-order valence-electron chi connectivity index (χ1n) is 7.96. The van der Waals surface area contributed by atoms with Gasteiger partial charge in [0.2, 0.25) is 5.91 Å². The number of amides is 1. The maximum Gasteiger partial charge on any atom is 0.249 e. The molecule has 0 atom stereocenters. The van der Waals surface area contributed by atoms with Gasteiger partial charge in [-0.2, -0.15) is 0 Å². The lowest BCUT2D eigenvalue weighted by molar-refractivity contribution is 0.100. The molecule has 4 rings (SSSR count). The van der Waals surface area contributed by atoms with Crippen LogP contribution in [0.5, 0.6) is 5.75 Å². The van der Waals surface area contributed by atoms with E-state index in [-0.39, 0.29) is 0 Å². The largest absolute Gasteiger partial charge is 0.497 e. The lowest BCUT2D eigenvalue weighted by atomic mass is 9.94. The van der Waals surface area contributed by atoms with Crippen LogP contribution in [0, 0.1) is 0 Å². The van der Waals surface area contributed by atoms with Gasteiger partial charge in [0.15, 0.2) is 0 Å². The molecule has 0 spiro atoms. The topological polar surface area (TPSA) is 91.2 Å². The molecule has 0 saturated carbocycles. The fourth-order valence-electron chi connectivity index (χ4n) is 2.91. The Bertz CT molecular complexity index is 1100. The van der Waals surface area contributed by atoms with Crippen LogP contribution in [-0.2, 0) is 0 Å². The third-order valence-electron chi connectivity index (χ3n) is 4.27. The van der Waals surface area contributed by atoms with Crippen LogP contribution >= 0.6 is 0 Å². The first-order chi connectivity index (χ1) is 12.7. The van der Waals surface area contributed by atoms with Gasteiger partial charge >= 0.3 is 0 Å². The smallest absolute Gasteiger partial charge is 0.249 e. The van der Waals surface area contributed by atoms with Crippen LogP contribution < -0.4 is 10.5 Å². The summed E-state index contributed by atoms with van der Waals surface area (Å²) in [6.45, 7) is 0. The molecule has 2 N–H and O–H groups in total. The van der Waals surface area contributed by atoms with Gasteiger partial charge in [-0.1, -0.05) is 24.3 Å². The number of nitrogens with zero attached hydrogens (tertiary/aromatic N) is 2. The van der Waals surface area contributed by atoms with E-state index in [9.17, 15) is 4.79 Å². The van der Waals surface area contributed by atoms with Crippen molar-refractivity contribution in [3.63, 3.8) is 0 Å². The third kappa shape index (κ3) is 2.77. The number of carbonyl (C=O) groups excluding carboxylic acids is 1. The molecule has 1 aromatic heterocycles. The minimum atomic E-state index is -0.486. The molecule has 128 valence electrons. The average Bonchev–Trinajstić information content (AvgIpc) is 3.15. The molecule has 0 bridgehead atoms. The Morgan fingerprint density at radius 2 is 1.58 bits per heavy atom. The lowest BCUT2D eigenvalue weighted by Gasteiger charge is -2.11. The Kier molecular flexibility index (Phi) is 3.85. The van der Waals surface area contributed by atoms with Crippen molar-refractivity contribution in [2.45, 2.75) is 0 Å². The summed E-state index contributed by atoms with van der Waals surface area (Å²) in [6.07, 6.45) is 0. The Morgan fingerprint density at radius 3 is 2.31 bits per heavy atom. The van der Waals surface area contributed by atoms with Gasteiger partial charge in [0.05, 0.1) is 7.11 Å². The highest BCUT2D eigenvalue weighted by atomic mass is 16.6. The minimum absolute atomic E-state index is 0.443. The SMILES string of the molecule is COc1ccc(-c2ccc(C(N)=O)c(-c3ccc4nonc4c3)c2)cc1. The molecule has 1 amide bonds. The van der Waals surface area contributed by atoms with Crippen molar-refractivity contribution >= 4 is 16.9 Å². The number of benzene rings is 3. The van der Waals surface area contributed by atoms with E-state index in [1.54, 1.807) is 19.2 Å². The third-order valence-corrected chi connectivity index (χ3v) is 4.27. The number of carbonyl (C=O) groups is 1. The first-order valence-corrected chi connectivity index (χ1v) is 7.96. The number of methoxy groups -OCH3 is 1. The van der Waals surface area contributed by atoms with Crippen molar-refractivity contribution in [3.8, 4) is 28.0 Å². The van der Waals surface area contributed by atoms with Gasteiger partial charge < -0.3 is 10.5 Å². The van der Waals surface area contributed by atoms with E-state index in [4.69, 9.17) is 15.1 Å². The number of rotatable bonds is 4. The molecule has 0 aliphatic carbocycles. The first kappa shape index (κ1) is 15.8. The Balaban J connectivity index is 1.86. The Morgan fingerprint density at radius 1 is 0.885 bits per heavy atom. The van der Waals surface area contributed by atoms with E-state index in [2.05, 4.69) is 10.3 Å². The number of hydrogen-bond acceptors (Lipinski definition) is 5. The molecular weight excluding hydrogens is 330 g/mol. The van der Waals surface area contributed by atoms with Crippen molar-refractivity contribution in [2.24, 2.45) is 5.73 Å². The summed E-state index contributed by atoms with van der Waals surface area (Å²) in [4.78, 5) is 11.9. The molecule has 0 aliphatic heterocycles. The molecule has 1 heterocycles. The molecule has 4 aromatic rings. The van der Waals surface area contributed by atoms with Gasteiger partial charge in [0, 0.05) is 5.56 Å². The van der Waals surface area contributed by atoms with E-state index in [0.717, 1.165) is 28.0 Å². The molecule has 0 saturated heterocycles. The maximum absolute atomic E-state index is 11.9. The highest BCUT2D eigenvalue weighted by Crippen LogP contribution is 2.31. The van der Waals surface area contributed by atoms with E-state index < -0.39 is 5.91 Å². The predicted octanol–water partition coefficient (Wildman–Crippen LogP) is 3.66. The van der Waals surface area contributed by atoms with Crippen LogP contribution in [0.25, 0.3) is 33.3 Å². The Labute approximate surface area is 149 Å². The van der Waals surface area contributed by atoms with E-state index in [1.807, 2.05) is 48.5 Å². The van der Waals surface area contributed by atoms with Gasteiger partial charge in [0.25, 0.3) is 0 Å². The zero-order valence-corrected chi connectivity index (χ0v) is 14.0. The summed E-state index contributed by atoms with van der Waals surface area (Å²) in [7, 11) is 1.63. The van der Waals surface area contributed by atoms with Crippen molar-refractivity contribution in [1.29, 1.82) is 0 Å². The maximum atomic E-state index is 11.9.